The number of nitrogens with zero attached hydrogens (tertiary/aromatic N) is 1. The minimum Gasteiger partial charge on any atom is -0.329 e. The third-order valence-corrected chi connectivity index (χ3v) is 6.23. The van der Waals surface area contributed by atoms with E-state index in [1.165, 1.54) is 40.0 Å². The summed E-state index contributed by atoms with van der Waals surface area (Å²) in [5.74, 6) is 0.906. The predicted molar refractivity (Wildman–Crippen MR) is 83.1 cm³/mol. The summed E-state index contributed by atoms with van der Waals surface area (Å²) in [6.45, 7) is 7.43. The van der Waals surface area contributed by atoms with Gasteiger partial charge in [-0.3, -0.25) is 4.90 Å². The minimum atomic E-state index is 0.394. The van der Waals surface area contributed by atoms with Crippen LogP contribution < -0.4 is 5.73 Å². The maximum absolute atomic E-state index is 6.03. The minimum absolute atomic E-state index is 0.394. The lowest BCUT2D eigenvalue weighted by Gasteiger charge is -2.36. The zero-order valence-electron chi connectivity index (χ0n) is 11.3. The first-order valence-corrected chi connectivity index (χ1v) is 8.46. The second-order valence-corrected chi connectivity index (χ2v) is 7.33. The molecule has 1 aromatic heterocycles. The van der Waals surface area contributed by atoms with Crippen molar-refractivity contribution < 1.29 is 0 Å². The van der Waals surface area contributed by atoms with E-state index in [1.54, 1.807) is 0 Å². The first-order chi connectivity index (χ1) is 8.65. The van der Waals surface area contributed by atoms with Gasteiger partial charge in [-0.2, -0.15) is 0 Å². The molecule has 102 valence electrons. The van der Waals surface area contributed by atoms with Crippen LogP contribution in [0.2, 0.25) is 0 Å². The Morgan fingerprint density at radius 2 is 2.28 bits per heavy atom. The first-order valence-electron chi connectivity index (χ1n) is 6.85. The molecule has 0 aliphatic heterocycles. The fourth-order valence-corrected chi connectivity index (χ4v) is 4.28. The highest BCUT2D eigenvalue weighted by molar-refractivity contribution is 9.10. The molecule has 0 saturated heterocycles. The van der Waals surface area contributed by atoms with Crippen molar-refractivity contribution in [2.75, 3.05) is 19.6 Å². The van der Waals surface area contributed by atoms with E-state index in [0.717, 1.165) is 12.5 Å². The summed E-state index contributed by atoms with van der Waals surface area (Å²) in [6, 6.07) is 2.65. The van der Waals surface area contributed by atoms with Crippen LogP contribution in [0.1, 0.15) is 42.0 Å². The molecule has 0 bridgehead atoms. The van der Waals surface area contributed by atoms with Crippen molar-refractivity contribution in [2.24, 2.45) is 11.7 Å². The molecule has 0 amide bonds. The molecule has 18 heavy (non-hydrogen) atoms. The zero-order valence-corrected chi connectivity index (χ0v) is 13.7. The third-order valence-electron chi connectivity index (χ3n) is 3.99. The largest absolute Gasteiger partial charge is 0.329 e. The second kappa shape index (κ2) is 6.51. The van der Waals surface area contributed by atoms with Crippen molar-refractivity contribution in [3.05, 3.63) is 20.3 Å². The normalized spacial score (nSPS) is 18.1. The van der Waals surface area contributed by atoms with E-state index in [9.17, 15) is 0 Å². The average molecular weight is 331 g/mol. The molecule has 2 nitrogen and oxygen atoms in total. The summed E-state index contributed by atoms with van der Waals surface area (Å²) < 4.78 is 1.22. The quantitative estimate of drug-likeness (QED) is 0.855. The van der Waals surface area contributed by atoms with Crippen LogP contribution in [0, 0.1) is 12.8 Å². The fourth-order valence-electron chi connectivity index (χ4n) is 2.57. The smallest absolute Gasteiger partial charge is 0.0564 e. The molecule has 2 rings (SSSR count). The number of hydrogen-bond acceptors (Lipinski definition) is 3. The summed E-state index contributed by atoms with van der Waals surface area (Å²) in [6.07, 6.45) is 4.22. The molecule has 1 aliphatic rings. The van der Waals surface area contributed by atoms with E-state index in [-0.39, 0.29) is 0 Å². The van der Waals surface area contributed by atoms with E-state index in [2.05, 4.69) is 40.7 Å². The van der Waals surface area contributed by atoms with Crippen LogP contribution in [0.15, 0.2) is 10.5 Å². The Hall–Kier alpha value is 0.1000. The van der Waals surface area contributed by atoms with Crippen molar-refractivity contribution in [3.8, 4) is 0 Å². The van der Waals surface area contributed by atoms with Crippen LogP contribution in [-0.4, -0.2) is 24.5 Å². The Bertz CT molecular complexity index is 368. The summed E-state index contributed by atoms with van der Waals surface area (Å²) in [5.41, 5.74) is 6.03. The van der Waals surface area contributed by atoms with Gasteiger partial charge < -0.3 is 5.73 Å². The number of likely N-dealkylation sites (N-methyl/N-ethyl adjacent to an activating group) is 1. The Morgan fingerprint density at radius 1 is 1.56 bits per heavy atom. The number of thiophene rings is 1. The van der Waals surface area contributed by atoms with Crippen molar-refractivity contribution >= 4 is 27.3 Å². The molecule has 1 fully saturated rings. The molecule has 1 atom stereocenters. The third kappa shape index (κ3) is 3.16. The Morgan fingerprint density at radius 3 is 2.67 bits per heavy atom. The van der Waals surface area contributed by atoms with Gasteiger partial charge in [-0.15, -0.1) is 11.3 Å². The predicted octanol–water partition coefficient (Wildman–Crippen LogP) is 3.94. The maximum Gasteiger partial charge on any atom is 0.0564 e. The van der Waals surface area contributed by atoms with Gasteiger partial charge in [-0.1, -0.05) is 13.3 Å². The van der Waals surface area contributed by atoms with Gasteiger partial charge in [-0.05, 0) is 54.2 Å². The molecular formula is C14H23BrN2S. The molecular weight excluding hydrogens is 308 g/mol. The van der Waals surface area contributed by atoms with Crippen LogP contribution in [-0.2, 0) is 0 Å². The maximum atomic E-state index is 6.03. The highest BCUT2D eigenvalue weighted by Crippen LogP contribution is 2.35. The molecule has 1 aromatic rings. The molecule has 1 saturated carbocycles. The van der Waals surface area contributed by atoms with Gasteiger partial charge in [0.25, 0.3) is 0 Å². The molecule has 2 N–H and O–H groups in total. The number of hydrogen-bond donors (Lipinski definition) is 1. The summed E-state index contributed by atoms with van der Waals surface area (Å²) in [7, 11) is 0. The molecule has 1 heterocycles. The highest BCUT2D eigenvalue weighted by Gasteiger charge is 2.26. The topological polar surface area (TPSA) is 29.3 Å². The molecule has 0 spiro atoms. The summed E-state index contributed by atoms with van der Waals surface area (Å²) in [5, 5.41) is 0. The summed E-state index contributed by atoms with van der Waals surface area (Å²) >= 11 is 5.49. The number of rotatable bonds is 6. The zero-order chi connectivity index (χ0) is 13.1. The molecule has 0 radical (unpaired) electrons. The number of halogens is 1. The van der Waals surface area contributed by atoms with Crippen LogP contribution in [0.25, 0.3) is 0 Å². The highest BCUT2D eigenvalue weighted by atomic mass is 79.9. The lowest BCUT2D eigenvalue weighted by molar-refractivity contribution is 0.143. The van der Waals surface area contributed by atoms with Gasteiger partial charge in [0.1, 0.15) is 0 Å². The van der Waals surface area contributed by atoms with E-state index in [0.29, 0.717) is 12.6 Å². The van der Waals surface area contributed by atoms with Gasteiger partial charge in [-0.25, -0.2) is 0 Å². The molecule has 4 heteroatoms. The van der Waals surface area contributed by atoms with Crippen molar-refractivity contribution in [1.29, 1.82) is 0 Å². The number of aryl methyl sites for hydroxylation is 1. The Balaban J connectivity index is 2.08. The van der Waals surface area contributed by atoms with Crippen LogP contribution >= 0.6 is 27.3 Å². The molecule has 0 aromatic carbocycles. The second-order valence-electron chi connectivity index (χ2n) is 5.19. The number of nitrogens with two attached hydrogens (primary N) is 1. The van der Waals surface area contributed by atoms with Crippen LogP contribution in [0.4, 0.5) is 0 Å². The summed E-state index contributed by atoms with van der Waals surface area (Å²) in [4.78, 5) is 5.31. The monoisotopic (exact) mass is 330 g/mol. The standard InChI is InChI=1S/C14H23BrN2S/c1-3-17(9-11-5-4-6-11)13(8-16)14-7-12(15)10(2)18-14/h7,11,13H,3-6,8-9,16H2,1-2H3. The van der Waals surface area contributed by atoms with E-state index in [1.807, 2.05) is 11.3 Å². The SMILES string of the molecule is CCN(CC1CCC1)C(CN)c1cc(Br)c(C)s1. The van der Waals surface area contributed by atoms with Crippen LogP contribution in [0.5, 0.6) is 0 Å². The van der Waals surface area contributed by atoms with E-state index >= 15 is 0 Å². The van der Waals surface area contributed by atoms with Gasteiger partial charge in [0, 0.05) is 27.3 Å². The van der Waals surface area contributed by atoms with Crippen molar-refractivity contribution in [1.82, 2.24) is 4.90 Å². The van der Waals surface area contributed by atoms with Gasteiger partial charge in [0.2, 0.25) is 0 Å². The molecule has 1 unspecified atom stereocenters. The Labute approximate surface area is 123 Å². The average Bonchev–Trinajstić information content (AvgIpc) is 2.62. The van der Waals surface area contributed by atoms with E-state index < -0.39 is 0 Å². The lowest BCUT2D eigenvalue weighted by atomic mass is 9.85. The van der Waals surface area contributed by atoms with Crippen molar-refractivity contribution in [2.45, 2.75) is 39.2 Å². The van der Waals surface area contributed by atoms with Gasteiger partial charge in [0.05, 0.1) is 6.04 Å². The Kier molecular flexibility index (Phi) is 5.24. The van der Waals surface area contributed by atoms with Gasteiger partial charge >= 0.3 is 0 Å². The van der Waals surface area contributed by atoms with E-state index in [4.69, 9.17) is 5.73 Å². The van der Waals surface area contributed by atoms with Crippen molar-refractivity contribution in [3.63, 3.8) is 0 Å². The molecule has 1 aliphatic carbocycles. The van der Waals surface area contributed by atoms with Crippen LogP contribution in [0.3, 0.4) is 0 Å². The fraction of sp³-hybridized carbons (Fsp3) is 0.714. The first kappa shape index (κ1) is 14.5. The lowest BCUT2D eigenvalue weighted by Crippen LogP contribution is -2.38. The van der Waals surface area contributed by atoms with Gasteiger partial charge in [0.15, 0.2) is 0 Å².